The predicted molar refractivity (Wildman–Crippen MR) is 99.6 cm³/mol. The monoisotopic (exact) mass is 355 g/mol. The fourth-order valence-corrected chi connectivity index (χ4v) is 3.42. The maximum Gasteiger partial charge on any atom is 0.115 e. The molecule has 0 aliphatic carbocycles. The molecule has 1 unspecified atom stereocenters. The number of aliphatic hydroxyl groups excluding tert-OH is 1. The minimum atomic E-state index is -1.02. The number of hydrogen-bond acceptors (Lipinski definition) is 6. The first-order valence-corrected chi connectivity index (χ1v) is 8.49. The Labute approximate surface area is 156 Å². The van der Waals surface area contributed by atoms with E-state index in [0.29, 0.717) is 11.3 Å². The molecule has 4 aromatic rings. The first-order valence-electron chi connectivity index (χ1n) is 8.49. The second-order valence-electron chi connectivity index (χ2n) is 6.07. The Morgan fingerprint density at radius 1 is 0.704 bits per heavy atom. The minimum absolute atomic E-state index is 0.648. The van der Waals surface area contributed by atoms with Gasteiger partial charge in [-0.2, -0.15) is 0 Å². The van der Waals surface area contributed by atoms with Crippen LogP contribution in [0.25, 0.3) is 0 Å². The van der Waals surface area contributed by atoms with Gasteiger partial charge in [-0.05, 0) is 35.4 Å². The van der Waals surface area contributed by atoms with Gasteiger partial charge < -0.3 is 5.11 Å². The van der Waals surface area contributed by atoms with Crippen molar-refractivity contribution in [1.82, 2.24) is 24.9 Å². The summed E-state index contributed by atoms with van der Waals surface area (Å²) < 4.78 is 0. The summed E-state index contributed by atoms with van der Waals surface area (Å²) in [4.78, 5) is 21.3. The lowest BCUT2D eigenvalue weighted by Crippen LogP contribution is -2.37. The Hall–Kier alpha value is -3.51. The lowest BCUT2D eigenvalue weighted by molar-refractivity contribution is 0.119. The second kappa shape index (κ2) is 7.39. The maximum atomic E-state index is 11.6. The molecule has 6 nitrogen and oxygen atoms in total. The van der Waals surface area contributed by atoms with Crippen molar-refractivity contribution in [2.75, 3.05) is 0 Å². The van der Waals surface area contributed by atoms with Crippen LogP contribution in [0.2, 0.25) is 0 Å². The van der Waals surface area contributed by atoms with Gasteiger partial charge in [0.1, 0.15) is 6.33 Å². The van der Waals surface area contributed by atoms with E-state index in [1.807, 2.05) is 30.3 Å². The summed E-state index contributed by atoms with van der Waals surface area (Å²) in [7, 11) is 0. The molecule has 0 aliphatic rings. The van der Waals surface area contributed by atoms with E-state index in [1.54, 1.807) is 55.5 Å². The SMILES string of the molecule is OC(c1cccnc1)C(c1cccnc1)(c1cccnc1)c1ccncn1. The van der Waals surface area contributed by atoms with Crippen LogP contribution in [-0.4, -0.2) is 30.0 Å². The van der Waals surface area contributed by atoms with Gasteiger partial charge in [0, 0.05) is 48.9 Å². The molecule has 6 heteroatoms. The Kier molecular flexibility index (Phi) is 4.63. The zero-order valence-corrected chi connectivity index (χ0v) is 14.4. The molecule has 0 saturated carbocycles. The predicted octanol–water partition coefficient (Wildman–Crippen LogP) is 2.73. The first kappa shape index (κ1) is 16.9. The number of rotatable bonds is 5. The molecule has 0 spiro atoms. The fourth-order valence-electron chi connectivity index (χ4n) is 3.42. The van der Waals surface area contributed by atoms with Crippen molar-refractivity contribution < 1.29 is 5.11 Å². The Morgan fingerprint density at radius 3 is 1.81 bits per heavy atom. The topological polar surface area (TPSA) is 84.7 Å². The van der Waals surface area contributed by atoms with Crippen LogP contribution < -0.4 is 0 Å². The van der Waals surface area contributed by atoms with E-state index < -0.39 is 11.5 Å². The molecular formula is C21H17N5O. The maximum absolute atomic E-state index is 11.6. The third-order valence-electron chi connectivity index (χ3n) is 4.63. The van der Waals surface area contributed by atoms with Gasteiger partial charge in [-0.25, -0.2) is 9.97 Å². The highest BCUT2D eigenvalue weighted by Gasteiger charge is 2.45. The van der Waals surface area contributed by atoms with Crippen molar-refractivity contribution in [3.05, 3.63) is 115 Å². The van der Waals surface area contributed by atoms with Gasteiger partial charge in [-0.1, -0.05) is 18.2 Å². The summed E-state index contributed by atoms with van der Waals surface area (Å²) in [5.74, 6) is 0. The highest BCUT2D eigenvalue weighted by atomic mass is 16.3. The van der Waals surface area contributed by atoms with E-state index >= 15 is 0 Å². The van der Waals surface area contributed by atoms with Crippen LogP contribution in [0.1, 0.15) is 28.5 Å². The molecule has 1 atom stereocenters. The molecule has 0 radical (unpaired) electrons. The lowest BCUT2D eigenvalue weighted by Gasteiger charge is -2.38. The normalized spacial score (nSPS) is 12.5. The number of aliphatic hydroxyl groups is 1. The summed E-state index contributed by atoms with van der Waals surface area (Å²) in [6, 6.07) is 13.0. The molecule has 0 aliphatic heterocycles. The zero-order valence-electron chi connectivity index (χ0n) is 14.4. The number of aromatic nitrogens is 5. The van der Waals surface area contributed by atoms with Crippen LogP contribution in [0.15, 0.2) is 92.2 Å². The van der Waals surface area contributed by atoms with E-state index in [9.17, 15) is 5.11 Å². The van der Waals surface area contributed by atoms with Gasteiger partial charge in [0.25, 0.3) is 0 Å². The van der Waals surface area contributed by atoms with Gasteiger partial charge in [0.05, 0.1) is 17.2 Å². The first-order chi connectivity index (χ1) is 13.3. The third kappa shape index (κ3) is 2.96. The van der Waals surface area contributed by atoms with Gasteiger partial charge in [0.2, 0.25) is 0 Å². The standard InChI is InChI=1S/C21H17N5O/c27-20(16-4-1-8-22-12-16)21(17-5-2-9-23-13-17,18-6-3-10-24-14-18)19-7-11-25-15-26-19/h1-15,20,27H. The third-order valence-corrected chi connectivity index (χ3v) is 4.63. The molecule has 4 aromatic heterocycles. The van der Waals surface area contributed by atoms with Crippen LogP contribution >= 0.6 is 0 Å². The largest absolute Gasteiger partial charge is 0.387 e. The lowest BCUT2D eigenvalue weighted by atomic mass is 9.67. The number of hydrogen-bond donors (Lipinski definition) is 1. The van der Waals surface area contributed by atoms with Gasteiger partial charge in [-0.3, -0.25) is 15.0 Å². The van der Waals surface area contributed by atoms with E-state index in [0.717, 1.165) is 11.1 Å². The van der Waals surface area contributed by atoms with Crippen molar-refractivity contribution in [1.29, 1.82) is 0 Å². The Balaban J connectivity index is 2.07. The quantitative estimate of drug-likeness (QED) is 0.592. The van der Waals surface area contributed by atoms with Gasteiger partial charge in [-0.15, -0.1) is 0 Å². The summed E-state index contributed by atoms with van der Waals surface area (Å²) in [5.41, 5.74) is 1.90. The van der Waals surface area contributed by atoms with E-state index in [4.69, 9.17) is 0 Å². The highest BCUT2D eigenvalue weighted by Crippen LogP contribution is 2.47. The van der Waals surface area contributed by atoms with Crippen LogP contribution in [0, 0.1) is 0 Å². The van der Waals surface area contributed by atoms with E-state index in [2.05, 4.69) is 24.9 Å². The summed E-state index contributed by atoms with van der Waals surface area (Å²) in [5, 5.41) is 11.6. The summed E-state index contributed by atoms with van der Waals surface area (Å²) in [6.45, 7) is 0. The van der Waals surface area contributed by atoms with E-state index in [-0.39, 0.29) is 0 Å². The molecule has 0 bridgehead atoms. The molecule has 0 aromatic carbocycles. The fraction of sp³-hybridized carbons (Fsp3) is 0.0952. The molecule has 0 saturated heterocycles. The molecule has 4 heterocycles. The average molecular weight is 355 g/mol. The van der Waals surface area contributed by atoms with Crippen molar-refractivity contribution in [3.63, 3.8) is 0 Å². The van der Waals surface area contributed by atoms with Crippen LogP contribution in [0.3, 0.4) is 0 Å². The molecule has 0 fully saturated rings. The molecule has 27 heavy (non-hydrogen) atoms. The van der Waals surface area contributed by atoms with E-state index in [1.165, 1.54) is 6.33 Å². The van der Waals surface area contributed by atoms with Crippen molar-refractivity contribution in [3.8, 4) is 0 Å². The average Bonchev–Trinajstić information content (AvgIpc) is 2.77. The number of nitrogens with zero attached hydrogens (tertiary/aromatic N) is 5. The molecule has 132 valence electrons. The Bertz CT molecular complexity index is 885. The van der Waals surface area contributed by atoms with Crippen LogP contribution in [-0.2, 0) is 5.41 Å². The van der Waals surface area contributed by atoms with Crippen molar-refractivity contribution >= 4 is 0 Å². The number of pyridine rings is 3. The highest BCUT2D eigenvalue weighted by molar-refractivity contribution is 5.49. The molecule has 4 rings (SSSR count). The van der Waals surface area contributed by atoms with Crippen molar-refractivity contribution in [2.45, 2.75) is 11.5 Å². The summed E-state index contributed by atoms with van der Waals surface area (Å²) >= 11 is 0. The van der Waals surface area contributed by atoms with Crippen LogP contribution in [0.5, 0.6) is 0 Å². The van der Waals surface area contributed by atoms with Crippen molar-refractivity contribution in [2.24, 2.45) is 0 Å². The molecule has 1 N–H and O–H groups in total. The Morgan fingerprint density at radius 2 is 1.33 bits per heavy atom. The van der Waals surface area contributed by atoms with Gasteiger partial charge in [0.15, 0.2) is 0 Å². The second-order valence-corrected chi connectivity index (χ2v) is 6.07. The molecular weight excluding hydrogens is 338 g/mol. The minimum Gasteiger partial charge on any atom is -0.387 e. The molecule has 0 amide bonds. The smallest absolute Gasteiger partial charge is 0.115 e. The van der Waals surface area contributed by atoms with Crippen LogP contribution in [0.4, 0.5) is 0 Å². The summed E-state index contributed by atoms with van der Waals surface area (Å²) in [6.07, 6.45) is 12.4. The van der Waals surface area contributed by atoms with Gasteiger partial charge >= 0.3 is 0 Å². The zero-order chi connectivity index (χ0) is 18.5.